The number of fused-ring (bicyclic) bond motifs is 1. The van der Waals surface area contributed by atoms with E-state index in [0.29, 0.717) is 0 Å². The molecule has 1 saturated carbocycles. The van der Waals surface area contributed by atoms with Crippen LogP contribution in [0.4, 0.5) is 11.4 Å². The van der Waals surface area contributed by atoms with Crippen molar-refractivity contribution in [1.29, 1.82) is 0 Å². The van der Waals surface area contributed by atoms with E-state index >= 15 is 0 Å². The molecule has 0 radical (unpaired) electrons. The first-order valence-electron chi connectivity index (χ1n) is 6.65. The molecule has 2 aliphatic rings. The summed E-state index contributed by atoms with van der Waals surface area (Å²) in [5, 5.41) is 0. The normalized spacial score (nSPS) is 21.6. The van der Waals surface area contributed by atoms with Gasteiger partial charge in [-0.1, -0.05) is 6.42 Å². The van der Waals surface area contributed by atoms with Crippen LogP contribution in [0.2, 0.25) is 0 Å². The number of benzene rings is 1. The first-order chi connectivity index (χ1) is 8.24. The third-order valence-electron chi connectivity index (χ3n) is 4.33. The van der Waals surface area contributed by atoms with E-state index in [0.717, 1.165) is 30.3 Å². The van der Waals surface area contributed by atoms with Gasteiger partial charge in [0.2, 0.25) is 0 Å². The molecule has 0 saturated heterocycles. The minimum absolute atomic E-state index is 0.737. The molecule has 0 bridgehead atoms. The maximum Gasteiger partial charge on any atom is 0.0550 e. The standard InChI is InChI=1S/C14H21N3/c15-13-8-10-4-6-17(12-2-1-3-12)7-5-11(10)9-14(13)16/h8-9,12H,1-7,15-16H2. The number of rotatable bonds is 1. The van der Waals surface area contributed by atoms with Crippen LogP contribution in [-0.2, 0) is 12.8 Å². The minimum atomic E-state index is 0.737. The van der Waals surface area contributed by atoms with Crippen molar-refractivity contribution in [3.63, 3.8) is 0 Å². The van der Waals surface area contributed by atoms with E-state index in [1.54, 1.807) is 0 Å². The maximum absolute atomic E-state index is 5.89. The molecule has 0 amide bonds. The molecule has 1 aromatic carbocycles. The molecule has 1 aliphatic heterocycles. The highest BCUT2D eigenvalue weighted by molar-refractivity contribution is 5.66. The van der Waals surface area contributed by atoms with Gasteiger partial charge in [-0.15, -0.1) is 0 Å². The Morgan fingerprint density at radius 1 is 0.941 bits per heavy atom. The van der Waals surface area contributed by atoms with E-state index in [2.05, 4.69) is 17.0 Å². The molecule has 1 heterocycles. The van der Waals surface area contributed by atoms with Gasteiger partial charge in [-0.05, 0) is 48.9 Å². The zero-order chi connectivity index (χ0) is 11.8. The number of nitrogens with zero attached hydrogens (tertiary/aromatic N) is 1. The first kappa shape index (κ1) is 10.9. The lowest BCUT2D eigenvalue weighted by Crippen LogP contribution is -2.41. The van der Waals surface area contributed by atoms with Crippen LogP contribution in [0, 0.1) is 0 Å². The van der Waals surface area contributed by atoms with Crippen LogP contribution in [-0.4, -0.2) is 24.0 Å². The fraction of sp³-hybridized carbons (Fsp3) is 0.571. The van der Waals surface area contributed by atoms with E-state index in [1.807, 2.05) is 0 Å². The predicted molar refractivity (Wildman–Crippen MR) is 71.9 cm³/mol. The number of hydrogen-bond donors (Lipinski definition) is 2. The Labute approximate surface area is 103 Å². The van der Waals surface area contributed by atoms with Crippen molar-refractivity contribution in [2.24, 2.45) is 0 Å². The van der Waals surface area contributed by atoms with Gasteiger partial charge in [-0.2, -0.15) is 0 Å². The van der Waals surface area contributed by atoms with Crippen LogP contribution < -0.4 is 11.5 Å². The summed E-state index contributed by atoms with van der Waals surface area (Å²) in [5.41, 5.74) is 16.1. The monoisotopic (exact) mass is 231 g/mol. The SMILES string of the molecule is Nc1cc2c(cc1N)CCN(C1CCC1)CC2. The van der Waals surface area contributed by atoms with Crippen molar-refractivity contribution in [2.45, 2.75) is 38.1 Å². The highest BCUT2D eigenvalue weighted by Gasteiger charge is 2.26. The predicted octanol–water partition coefficient (Wildman–Crippen LogP) is 1.80. The molecule has 0 aromatic heterocycles. The molecule has 0 atom stereocenters. The average Bonchev–Trinajstić information content (AvgIpc) is 2.41. The topological polar surface area (TPSA) is 55.3 Å². The lowest BCUT2D eigenvalue weighted by molar-refractivity contribution is 0.133. The molecule has 1 aliphatic carbocycles. The largest absolute Gasteiger partial charge is 0.397 e. The number of anilines is 2. The first-order valence-corrected chi connectivity index (χ1v) is 6.65. The molecule has 0 spiro atoms. The number of nitrogen functional groups attached to an aromatic ring is 2. The maximum atomic E-state index is 5.89. The highest BCUT2D eigenvalue weighted by atomic mass is 15.2. The Morgan fingerprint density at radius 3 is 1.88 bits per heavy atom. The third-order valence-corrected chi connectivity index (χ3v) is 4.33. The van der Waals surface area contributed by atoms with E-state index in [-0.39, 0.29) is 0 Å². The Bertz CT molecular complexity index is 391. The summed E-state index contributed by atoms with van der Waals surface area (Å²) in [6.07, 6.45) is 6.43. The summed E-state index contributed by atoms with van der Waals surface area (Å²) >= 11 is 0. The lowest BCUT2D eigenvalue weighted by atomic mass is 9.91. The van der Waals surface area contributed by atoms with Gasteiger partial charge in [-0.25, -0.2) is 0 Å². The number of hydrogen-bond acceptors (Lipinski definition) is 3. The third kappa shape index (κ3) is 2.00. The summed E-state index contributed by atoms with van der Waals surface area (Å²) in [5.74, 6) is 0. The molecule has 17 heavy (non-hydrogen) atoms. The Kier molecular flexibility index (Phi) is 2.71. The second-order valence-electron chi connectivity index (χ2n) is 5.37. The van der Waals surface area contributed by atoms with Crippen LogP contribution >= 0.6 is 0 Å². The quantitative estimate of drug-likeness (QED) is 0.725. The molecular formula is C14H21N3. The highest BCUT2D eigenvalue weighted by Crippen LogP contribution is 2.29. The lowest BCUT2D eigenvalue weighted by Gasteiger charge is -2.36. The van der Waals surface area contributed by atoms with Crippen LogP contribution in [0.1, 0.15) is 30.4 Å². The van der Waals surface area contributed by atoms with Crippen molar-refractivity contribution in [1.82, 2.24) is 4.90 Å². The van der Waals surface area contributed by atoms with E-state index in [4.69, 9.17) is 11.5 Å². The molecule has 4 N–H and O–H groups in total. The van der Waals surface area contributed by atoms with Gasteiger partial charge in [-0.3, -0.25) is 4.90 Å². The van der Waals surface area contributed by atoms with Gasteiger partial charge in [0.25, 0.3) is 0 Å². The second kappa shape index (κ2) is 4.22. The molecule has 3 nitrogen and oxygen atoms in total. The molecule has 92 valence electrons. The second-order valence-corrected chi connectivity index (χ2v) is 5.37. The van der Waals surface area contributed by atoms with Gasteiger partial charge in [0.1, 0.15) is 0 Å². The van der Waals surface area contributed by atoms with E-state index in [9.17, 15) is 0 Å². The van der Waals surface area contributed by atoms with Gasteiger partial charge < -0.3 is 11.5 Å². The van der Waals surface area contributed by atoms with Crippen LogP contribution in [0.5, 0.6) is 0 Å². The van der Waals surface area contributed by atoms with Crippen molar-refractivity contribution >= 4 is 11.4 Å². The molecular weight excluding hydrogens is 210 g/mol. The van der Waals surface area contributed by atoms with Gasteiger partial charge in [0.05, 0.1) is 11.4 Å². The molecule has 3 heteroatoms. The van der Waals surface area contributed by atoms with Crippen molar-refractivity contribution in [3.8, 4) is 0 Å². The summed E-state index contributed by atoms with van der Waals surface area (Å²) in [4.78, 5) is 2.65. The smallest absolute Gasteiger partial charge is 0.0550 e. The minimum Gasteiger partial charge on any atom is -0.397 e. The van der Waals surface area contributed by atoms with E-state index < -0.39 is 0 Å². The van der Waals surface area contributed by atoms with Crippen LogP contribution in [0.25, 0.3) is 0 Å². The summed E-state index contributed by atoms with van der Waals surface area (Å²) in [7, 11) is 0. The summed E-state index contributed by atoms with van der Waals surface area (Å²) in [6.45, 7) is 2.36. The van der Waals surface area contributed by atoms with Crippen molar-refractivity contribution in [2.75, 3.05) is 24.6 Å². The fourth-order valence-corrected chi connectivity index (χ4v) is 2.95. The Hall–Kier alpha value is -1.22. The van der Waals surface area contributed by atoms with Gasteiger partial charge >= 0.3 is 0 Å². The van der Waals surface area contributed by atoms with Gasteiger partial charge in [0.15, 0.2) is 0 Å². The Morgan fingerprint density at radius 2 is 1.47 bits per heavy atom. The molecule has 0 unspecified atom stereocenters. The average molecular weight is 231 g/mol. The van der Waals surface area contributed by atoms with Crippen molar-refractivity contribution < 1.29 is 0 Å². The zero-order valence-corrected chi connectivity index (χ0v) is 10.3. The van der Waals surface area contributed by atoms with Gasteiger partial charge in [0, 0.05) is 19.1 Å². The zero-order valence-electron chi connectivity index (χ0n) is 10.3. The fourth-order valence-electron chi connectivity index (χ4n) is 2.95. The van der Waals surface area contributed by atoms with Crippen molar-refractivity contribution in [3.05, 3.63) is 23.3 Å². The number of nitrogens with two attached hydrogens (primary N) is 2. The molecule has 3 rings (SSSR count). The molecule has 1 fully saturated rings. The Balaban J connectivity index is 1.79. The summed E-state index contributed by atoms with van der Waals surface area (Å²) in [6, 6.07) is 5.00. The summed E-state index contributed by atoms with van der Waals surface area (Å²) < 4.78 is 0. The van der Waals surface area contributed by atoms with E-state index in [1.165, 1.54) is 43.5 Å². The van der Waals surface area contributed by atoms with Crippen LogP contribution in [0.15, 0.2) is 12.1 Å². The molecule has 1 aromatic rings. The van der Waals surface area contributed by atoms with Crippen LogP contribution in [0.3, 0.4) is 0 Å².